The number of anilines is 1. The van der Waals surface area contributed by atoms with Crippen LogP contribution in [-0.4, -0.2) is 97.2 Å². The molecule has 7 atom stereocenters. The Morgan fingerprint density at radius 1 is 0.943 bits per heavy atom. The molecule has 2 aliphatic carbocycles. The van der Waals surface area contributed by atoms with Crippen molar-refractivity contribution in [3.8, 4) is 40.1 Å². The highest BCUT2D eigenvalue weighted by molar-refractivity contribution is 5.90. The van der Waals surface area contributed by atoms with Gasteiger partial charge in [0.25, 0.3) is 0 Å². The zero-order chi connectivity index (χ0) is 49.0. The van der Waals surface area contributed by atoms with Crippen LogP contribution in [-0.2, 0) is 34.4 Å². The van der Waals surface area contributed by atoms with Crippen molar-refractivity contribution in [2.75, 3.05) is 25.6 Å². The Morgan fingerprint density at radius 3 is 2.40 bits per heavy atom. The molecule has 4 heterocycles. The van der Waals surface area contributed by atoms with Gasteiger partial charge in [0.15, 0.2) is 28.6 Å². The normalized spacial score (nSPS) is 25.9. The number of aromatic hydroxyl groups is 2. The van der Waals surface area contributed by atoms with Gasteiger partial charge in [0, 0.05) is 55.0 Å². The summed E-state index contributed by atoms with van der Waals surface area (Å²) < 4.78 is 31.9. The van der Waals surface area contributed by atoms with Crippen LogP contribution in [0.2, 0.25) is 0 Å². The molecule has 2 aliphatic heterocycles. The molecule has 2 bridgehead atoms. The average molecular weight is 957 g/mol. The first-order chi connectivity index (χ1) is 33.7. The molecular weight excluding hydrogens is 901 g/mol. The van der Waals surface area contributed by atoms with Gasteiger partial charge in [-0.25, -0.2) is 4.79 Å². The molecule has 3 fully saturated rings. The van der Waals surface area contributed by atoms with Crippen LogP contribution in [0.4, 0.5) is 5.82 Å². The van der Waals surface area contributed by atoms with Gasteiger partial charge in [0.05, 0.1) is 6.61 Å². The van der Waals surface area contributed by atoms with Gasteiger partial charge in [-0.1, -0.05) is 48.9 Å². The number of aliphatic hydroxyl groups excluding tert-OH is 1. The van der Waals surface area contributed by atoms with Crippen LogP contribution in [0.5, 0.6) is 28.7 Å². The molecule has 17 heteroatoms. The molecular formula is C53H56N4O13. The number of phenolic OH excluding ortho intramolecular Hbond substituents is 2. The number of hydrogen-bond acceptors (Lipinski definition) is 15. The summed E-state index contributed by atoms with van der Waals surface area (Å²) in [7, 11) is 0. The lowest BCUT2D eigenvalue weighted by atomic mass is 9.59. The number of phenols is 2. The Kier molecular flexibility index (Phi) is 12.4. The highest BCUT2D eigenvalue weighted by atomic mass is 16.7. The van der Waals surface area contributed by atoms with E-state index in [-0.39, 0.29) is 40.4 Å². The maximum Gasteiger partial charge on any atom is 0.336 e. The standard InChI is InChI=1S/C53H56N4O13/c1-2-29-21-33(23-35(58)22-29)51(17-6-7-18-51)70-46-41(25-40-43(45(46)60)38(59)24-39(67-40)31-10-13-36(14-11-31)66-19-16-34-12-15-42(54)57-34)68-50-52(64)26-32(20-30-8-4-3-5-9-30)44(37-27-55-28-56-37)53(65,49(52)63)47(69-50)48(61)62/h3-5,8-15,21-26,37,44,47,49-50,55-58,60,63-65H,2,6-7,16-20,27-28,54H2,1H3,(H,61,62). The Labute approximate surface area is 402 Å². The second-order valence-corrected chi connectivity index (χ2v) is 18.8. The zero-order valence-corrected chi connectivity index (χ0v) is 38.4. The largest absolute Gasteiger partial charge is 0.508 e. The summed E-state index contributed by atoms with van der Waals surface area (Å²) in [6, 6.07) is 26.8. The maximum atomic E-state index is 14.2. The van der Waals surface area contributed by atoms with E-state index in [4.69, 9.17) is 29.1 Å². The quantitative estimate of drug-likeness (QED) is 0.0597. The van der Waals surface area contributed by atoms with Crippen molar-refractivity contribution in [1.82, 2.24) is 15.6 Å². The molecule has 0 spiro atoms. The minimum Gasteiger partial charge on any atom is -0.508 e. The number of aliphatic carboxylic acids is 1. The van der Waals surface area contributed by atoms with Crippen LogP contribution in [0.15, 0.2) is 118 Å². The number of benzene rings is 4. The molecule has 2 aromatic heterocycles. The molecule has 11 N–H and O–H groups in total. The first-order valence-corrected chi connectivity index (χ1v) is 23.6. The Balaban J connectivity index is 1.09. The lowest BCUT2D eigenvalue weighted by molar-refractivity contribution is -0.344. The van der Waals surface area contributed by atoms with E-state index in [0.29, 0.717) is 86.6 Å². The van der Waals surface area contributed by atoms with E-state index in [1.807, 2.05) is 49.4 Å². The predicted octanol–water partition coefficient (Wildman–Crippen LogP) is 5.14. The molecule has 70 heavy (non-hydrogen) atoms. The number of hydrogen-bond donors (Lipinski definition) is 10. The zero-order valence-electron chi connectivity index (χ0n) is 38.4. The lowest BCUT2D eigenvalue weighted by Gasteiger charge is -2.58. The predicted molar refractivity (Wildman–Crippen MR) is 257 cm³/mol. The van der Waals surface area contributed by atoms with Crippen LogP contribution >= 0.6 is 0 Å². The summed E-state index contributed by atoms with van der Waals surface area (Å²) in [4.78, 5) is 30.6. The van der Waals surface area contributed by atoms with E-state index in [9.17, 15) is 40.2 Å². The summed E-state index contributed by atoms with van der Waals surface area (Å²) in [5, 5.41) is 78.1. The van der Waals surface area contributed by atoms with Crippen molar-refractivity contribution in [3.63, 3.8) is 0 Å². The number of aromatic amines is 1. The molecule has 1 saturated carbocycles. The first-order valence-electron chi connectivity index (χ1n) is 23.6. The number of aliphatic hydroxyl groups is 3. The number of carboxylic acid groups (broad SMARTS) is 1. The van der Waals surface area contributed by atoms with E-state index in [1.54, 1.807) is 42.5 Å². The summed E-state index contributed by atoms with van der Waals surface area (Å²) in [5.74, 6) is -2.85. The van der Waals surface area contributed by atoms with E-state index < -0.39 is 64.4 Å². The number of nitrogens with one attached hydrogen (secondary N) is 3. The van der Waals surface area contributed by atoms with E-state index >= 15 is 0 Å². The van der Waals surface area contributed by atoms with Crippen molar-refractivity contribution in [2.24, 2.45) is 5.92 Å². The van der Waals surface area contributed by atoms with Gasteiger partial charge in [-0.05, 0) is 110 Å². The molecule has 17 nitrogen and oxygen atoms in total. The second-order valence-electron chi connectivity index (χ2n) is 18.8. The third-order valence-electron chi connectivity index (χ3n) is 14.3. The number of rotatable bonds is 15. The number of aromatic nitrogens is 1. The van der Waals surface area contributed by atoms with Gasteiger partial charge in [0.1, 0.15) is 51.4 Å². The van der Waals surface area contributed by atoms with Gasteiger partial charge in [-0.2, -0.15) is 0 Å². The molecule has 7 unspecified atom stereocenters. The Bertz CT molecular complexity index is 3000. The number of carboxylic acids is 1. The molecule has 366 valence electrons. The number of ether oxygens (including phenoxy) is 4. The third kappa shape index (κ3) is 8.41. The second kappa shape index (κ2) is 18.5. The molecule has 2 saturated heterocycles. The van der Waals surface area contributed by atoms with E-state index in [0.717, 1.165) is 16.8 Å². The van der Waals surface area contributed by atoms with Crippen molar-refractivity contribution in [1.29, 1.82) is 0 Å². The van der Waals surface area contributed by atoms with Gasteiger partial charge in [0.2, 0.25) is 12.0 Å². The first kappa shape index (κ1) is 46.8. The molecule has 4 aromatic carbocycles. The fourth-order valence-electron chi connectivity index (χ4n) is 10.9. The fraction of sp³-hybridized carbons (Fsp3) is 0.358. The average Bonchev–Trinajstić information content (AvgIpc) is 4.14. The Hall–Kier alpha value is -6.86. The molecule has 0 amide bonds. The number of nitrogens with two attached hydrogens (primary N) is 1. The van der Waals surface area contributed by atoms with Crippen LogP contribution < -0.4 is 36.0 Å². The topological polar surface area (TPSA) is 271 Å². The summed E-state index contributed by atoms with van der Waals surface area (Å²) >= 11 is 0. The Morgan fingerprint density at radius 2 is 1.71 bits per heavy atom. The van der Waals surface area contributed by atoms with Crippen molar-refractivity contribution in [3.05, 3.63) is 141 Å². The third-order valence-corrected chi connectivity index (χ3v) is 14.3. The van der Waals surface area contributed by atoms with Gasteiger partial charge < -0.3 is 70.0 Å². The number of nitrogen functional groups attached to an aromatic ring is 1. The van der Waals surface area contributed by atoms with Crippen LogP contribution in [0, 0.1) is 5.92 Å². The fourth-order valence-corrected chi connectivity index (χ4v) is 10.9. The summed E-state index contributed by atoms with van der Waals surface area (Å²) in [6.07, 6.45) is -1.46. The highest BCUT2D eigenvalue weighted by Crippen LogP contribution is 2.54. The number of aryl methyl sites for hydroxylation is 1. The molecule has 0 radical (unpaired) electrons. The molecule has 10 rings (SSSR count). The van der Waals surface area contributed by atoms with Crippen molar-refractivity contribution >= 4 is 22.8 Å². The van der Waals surface area contributed by atoms with E-state index in [1.165, 1.54) is 18.2 Å². The lowest BCUT2D eigenvalue weighted by Crippen LogP contribution is -2.79. The number of carbonyl (C=O) groups is 1. The maximum absolute atomic E-state index is 14.2. The van der Waals surface area contributed by atoms with Crippen LogP contribution in [0.25, 0.3) is 22.3 Å². The minimum atomic E-state index is -2.62. The van der Waals surface area contributed by atoms with Crippen molar-refractivity contribution < 1.29 is 58.8 Å². The van der Waals surface area contributed by atoms with Crippen LogP contribution in [0.3, 0.4) is 0 Å². The molecule has 6 aromatic rings. The van der Waals surface area contributed by atoms with Gasteiger partial charge >= 0.3 is 5.97 Å². The summed E-state index contributed by atoms with van der Waals surface area (Å²) in [5.41, 5.74) is 2.64. The number of fused-ring (bicyclic) bond motifs is 3. The molecule has 4 aliphatic rings. The van der Waals surface area contributed by atoms with Crippen LogP contribution in [0.1, 0.15) is 55.0 Å². The van der Waals surface area contributed by atoms with E-state index in [2.05, 4.69) is 15.6 Å². The van der Waals surface area contributed by atoms with Gasteiger partial charge in [-0.3, -0.25) is 10.1 Å². The highest BCUT2D eigenvalue weighted by Gasteiger charge is 2.71. The monoisotopic (exact) mass is 956 g/mol. The minimum absolute atomic E-state index is 0.00897. The SMILES string of the molecule is CCc1cc(O)cc(C2(Oc3c(OC4OC(C(=O)O)C5(O)C(C6CNCN6)C(Cc6ccccc6)=CC4(O)C5O)cc4oc(-c5ccc(OCCc6ccc(N)[nH]6)cc5)cc(=O)c4c3O)CCCC2)c1. The summed E-state index contributed by atoms with van der Waals surface area (Å²) in [6.45, 7) is 2.97. The number of H-pyrrole nitrogens is 1. The smallest absolute Gasteiger partial charge is 0.336 e. The van der Waals surface area contributed by atoms with Crippen molar-refractivity contribution in [2.45, 2.75) is 93.2 Å². The van der Waals surface area contributed by atoms with Gasteiger partial charge in [-0.15, -0.1) is 0 Å².